The van der Waals surface area contributed by atoms with Gasteiger partial charge in [0.05, 0.1) is 6.10 Å². The molecule has 0 bridgehead atoms. The summed E-state index contributed by atoms with van der Waals surface area (Å²) in [6.07, 6.45) is 5.52. The monoisotopic (exact) mass is 193 g/mol. The van der Waals surface area contributed by atoms with E-state index in [0.29, 0.717) is 12.5 Å². The first kappa shape index (κ1) is 9.46. The molecule has 2 heterocycles. The highest BCUT2D eigenvalue weighted by atomic mass is 16.5. The molecular weight excluding hydrogens is 178 g/mol. The Labute approximate surface area is 84.1 Å². The fourth-order valence-electron chi connectivity index (χ4n) is 1.55. The Morgan fingerprint density at radius 2 is 2.43 bits per heavy atom. The molecule has 0 spiro atoms. The zero-order valence-corrected chi connectivity index (χ0v) is 8.19. The summed E-state index contributed by atoms with van der Waals surface area (Å²) in [6.45, 7) is 1.49. The molecule has 0 N–H and O–H groups in total. The van der Waals surface area contributed by atoms with E-state index < -0.39 is 0 Å². The van der Waals surface area contributed by atoms with Crippen LogP contribution in [0, 0.1) is 0 Å². The van der Waals surface area contributed by atoms with Gasteiger partial charge in [-0.25, -0.2) is 4.98 Å². The summed E-state index contributed by atoms with van der Waals surface area (Å²) in [5.41, 5.74) is 0. The highest BCUT2D eigenvalue weighted by Gasteiger charge is 2.14. The second kappa shape index (κ2) is 4.96. The van der Waals surface area contributed by atoms with Crippen LogP contribution in [0.5, 0.6) is 5.88 Å². The van der Waals surface area contributed by atoms with Crippen LogP contribution >= 0.6 is 0 Å². The molecule has 1 aliphatic heterocycles. The van der Waals surface area contributed by atoms with E-state index in [0.717, 1.165) is 13.0 Å². The first-order valence-electron chi connectivity index (χ1n) is 5.10. The van der Waals surface area contributed by atoms with Crippen molar-refractivity contribution in [2.45, 2.75) is 25.4 Å². The molecule has 0 amide bonds. The highest BCUT2D eigenvalue weighted by Crippen LogP contribution is 2.14. The van der Waals surface area contributed by atoms with E-state index in [2.05, 4.69) is 4.98 Å². The molecule has 1 aromatic heterocycles. The van der Waals surface area contributed by atoms with Crippen LogP contribution in [0.4, 0.5) is 0 Å². The van der Waals surface area contributed by atoms with Gasteiger partial charge in [-0.15, -0.1) is 0 Å². The molecule has 0 saturated carbocycles. The lowest BCUT2D eigenvalue weighted by atomic mass is 10.1. The maximum atomic E-state index is 5.55. The van der Waals surface area contributed by atoms with Crippen molar-refractivity contribution in [1.82, 2.24) is 4.98 Å². The largest absolute Gasteiger partial charge is 0.475 e. The van der Waals surface area contributed by atoms with Gasteiger partial charge in [-0.2, -0.15) is 0 Å². The van der Waals surface area contributed by atoms with Crippen LogP contribution in [0.2, 0.25) is 0 Å². The average Bonchev–Trinajstić information content (AvgIpc) is 2.29. The lowest BCUT2D eigenvalue weighted by Crippen LogP contribution is -2.25. The van der Waals surface area contributed by atoms with Gasteiger partial charge >= 0.3 is 0 Å². The first-order chi connectivity index (χ1) is 6.95. The SMILES string of the molecule is c1ccc(OCC2CCCCO2)nc1. The number of aromatic nitrogens is 1. The molecule has 1 fully saturated rings. The molecule has 3 nitrogen and oxygen atoms in total. The topological polar surface area (TPSA) is 31.4 Å². The summed E-state index contributed by atoms with van der Waals surface area (Å²) in [5, 5.41) is 0. The van der Waals surface area contributed by atoms with Crippen molar-refractivity contribution >= 4 is 0 Å². The predicted octanol–water partition coefficient (Wildman–Crippen LogP) is 2.03. The molecule has 0 aromatic carbocycles. The van der Waals surface area contributed by atoms with E-state index in [1.165, 1.54) is 12.8 Å². The zero-order chi connectivity index (χ0) is 9.64. The minimum absolute atomic E-state index is 0.255. The molecule has 2 rings (SSSR count). The van der Waals surface area contributed by atoms with Gasteiger partial charge < -0.3 is 9.47 Å². The average molecular weight is 193 g/mol. The Morgan fingerprint density at radius 3 is 3.14 bits per heavy atom. The summed E-state index contributed by atoms with van der Waals surface area (Å²) in [6, 6.07) is 5.66. The number of hydrogen-bond donors (Lipinski definition) is 0. The summed E-state index contributed by atoms with van der Waals surface area (Å²) in [4.78, 5) is 4.09. The maximum Gasteiger partial charge on any atom is 0.213 e. The van der Waals surface area contributed by atoms with Gasteiger partial charge in [-0.3, -0.25) is 0 Å². The van der Waals surface area contributed by atoms with E-state index in [9.17, 15) is 0 Å². The van der Waals surface area contributed by atoms with Gasteiger partial charge in [0, 0.05) is 18.9 Å². The highest BCUT2D eigenvalue weighted by molar-refractivity contribution is 5.09. The van der Waals surface area contributed by atoms with E-state index >= 15 is 0 Å². The van der Waals surface area contributed by atoms with Gasteiger partial charge in [-0.1, -0.05) is 6.07 Å². The Balaban J connectivity index is 1.76. The smallest absolute Gasteiger partial charge is 0.213 e. The normalized spacial score (nSPS) is 21.9. The third kappa shape index (κ3) is 2.70. The quantitative estimate of drug-likeness (QED) is 0.736. The Morgan fingerprint density at radius 1 is 1.43 bits per heavy atom. The van der Waals surface area contributed by atoms with Gasteiger partial charge in [0.1, 0.15) is 6.61 Å². The summed E-state index contributed by atoms with van der Waals surface area (Å²) in [7, 11) is 0. The van der Waals surface area contributed by atoms with Gasteiger partial charge in [0.25, 0.3) is 0 Å². The standard InChI is InChI=1S/C11H15NO2/c1-3-7-12-11(6-1)14-9-10-5-2-4-8-13-10/h1,3,6-7,10H,2,4-5,8-9H2. The molecule has 1 atom stereocenters. The summed E-state index contributed by atoms with van der Waals surface area (Å²) in [5.74, 6) is 0.682. The van der Waals surface area contributed by atoms with E-state index in [-0.39, 0.29) is 6.10 Å². The van der Waals surface area contributed by atoms with Crippen LogP contribution in [-0.4, -0.2) is 24.3 Å². The van der Waals surface area contributed by atoms with Crippen LogP contribution in [-0.2, 0) is 4.74 Å². The molecule has 1 saturated heterocycles. The van der Waals surface area contributed by atoms with Crippen LogP contribution in [0.3, 0.4) is 0 Å². The second-order valence-electron chi connectivity index (χ2n) is 3.47. The molecule has 0 radical (unpaired) electrons. The van der Waals surface area contributed by atoms with Gasteiger partial charge in [0.2, 0.25) is 5.88 Å². The number of rotatable bonds is 3. The third-order valence-corrected chi connectivity index (χ3v) is 2.33. The third-order valence-electron chi connectivity index (χ3n) is 2.33. The van der Waals surface area contributed by atoms with Gasteiger partial charge in [0.15, 0.2) is 0 Å². The van der Waals surface area contributed by atoms with E-state index in [1.54, 1.807) is 6.20 Å². The fourth-order valence-corrected chi connectivity index (χ4v) is 1.55. The molecule has 1 unspecified atom stereocenters. The number of nitrogens with zero attached hydrogens (tertiary/aromatic N) is 1. The molecular formula is C11H15NO2. The second-order valence-corrected chi connectivity index (χ2v) is 3.47. The summed E-state index contributed by atoms with van der Waals surface area (Å²) < 4.78 is 11.1. The lowest BCUT2D eigenvalue weighted by Gasteiger charge is -2.22. The number of pyridine rings is 1. The molecule has 1 aromatic rings. The Bertz CT molecular complexity index is 257. The van der Waals surface area contributed by atoms with Crippen molar-refractivity contribution in [3.05, 3.63) is 24.4 Å². The minimum Gasteiger partial charge on any atom is -0.475 e. The van der Waals surface area contributed by atoms with Crippen molar-refractivity contribution in [3.8, 4) is 5.88 Å². The van der Waals surface area contributed by atoms with E-state index in [4.69, 9.17) is 9.47 Å². The Kier molecular flexibility index (Phi) is 3.35. The fraction of sp³-hybridized carbons (Fsp3) is 0.545. The van der Waals surface area contributed by atoms with Crippen molar-refractivity contribution in [3.63, 3.8) is 0 Å². The molecule has 76 valence electrons. The van der Waals surface area contributed by atoms with Crippen molar-refractivity contribution < 1.29 is 9.47 Å². The van der Waals surface area contributed by atoms with Crippen LogP contribution < -0.4 is 4.74 Å². The molecule has 0 aliphatic carbocycles. The van der Waals surface area contributed by atoms with Crippen LogP contribution in [0.15, 0.2) is 24.4 Å². The molecule has 1 aliphatic rings. The van der Waals surface area contributed by atoms with Crippen molar-refractivity contribution in [2.75, 3.05) is 13.2 Å². The molecule has 3 heteroatoms. The van der Waals surface area contributed by atoms with E-state index in [1.807, 2.05) is 18.2 Å². The lowest BCUT2D eigenvalue weighted by molar-refractivity contribution is -0.0119. The van der Waals surface area contributed by atoms with Crippen molar-refractivity contribution in [2.24, 2.45) is 0 Å². The number of ether oxygens (including phenoxy) is 2. The minimum atomic E-state index is 0.255. The molecule has 14 heavy (non-hydrogen) atoms. The van der Waals surface area contributed by atoms with Crippen LogP contribution in [0.1, 0.15) is 19.3 Å². The zero-order valence-electron chi connectivity index (χ0n) is 8.19. The number of hydrogen-bond acceptors (Lipinski definition) is 3. The maximum absolute atomic E-state index is 5.55. The Hall–Kier alpha value is -1.09. The van der Waals surface area contributed by atoms with Crippen molar-refractivity contribution in [1.29, 1.82) is 0 Å². The first-order valence-corrected chi connectivity index (χ1v) is 5.10. The summed E-state index contributed by atoms with van der Waals surface area (Å²) >= 11 is 0. The predicted molar refractivity (Wildman–Crippen MR) is 53.3 cm³/mol. The van der Waals surface area contributed by atoms with Gasteiger partial charge in [-0.05, 0) is 25.3 Å². The van der Waals surface area contributed by atoms with Crippen LogP contribution in [0.25, 0.3) is 0 Å².